The van der Waals surface area contributed by atoms with Crippen molar-refractivity contribution in [2.24, 2.45) is 17.8 Å². The number of aryl methyl sites for hydroxylation is 1. The second kappa shape index (κ2) is 4.31. The standard InChI is InChI=1S/C16H21NO2S/c1-11-5-7-14(8-6-11)20(18,19)17-10-13-9-12-3-2-4-15(17)16(12)13/h5-8,12-13,15-16H,2-4,9-10H2,1H3/t12-,13-,15-,16-/m0/s1. The van der Waals surface area contributed by atoms with E-state index < -0.39 is 10.0 Å². The van der Waals surface area contributed by atoms with Crippen LogP contribution in [0.1, 0.15) is 31.2 Å². The maximum absolute atomic E-state index is 12.9. The maximum atomic E-state index is 12.9. The van der Waals surface area contributed by atoms with Crippen LogP contribution in [0, 0.1) is 24.7 Å². The minimum atomic E-state index is -3.30. The van der Waals surface area contributed by atoms with Crippen LogP contribution in [0.5, 0.6) is 0 Å². The Labute approximate surface area is 121 Å². The minimum absolute atomic E-state index is 0.277. The minimum Gasteiger partial charge on any atom is -0.207 e. The molecule has 0 amide bonds. The quantitative estimate of drug-likeness (QED) is 0.840. The van der Waals surface area contributed by atoms with Gasteiger partial charge in [-0.1, -0.05) is 30.5 Å². The first-order valence-corrected chi connectivity index (χ1v) is 9.10. The van der Waals surface area contributed by atoms with Gasteiger partial charge in [-0.15, -0.1) is 0 Å². The van der Waals surface area contributed by atoms with Gasteiger partial charge < -0.3 is 0 Å². The molecule has 0 unspecified atom stereocenters. The Hall–Kier alpha value is -0.870. The molecule has 0 radical (unpaired) electrons. The lowest BCUT2D eigenvalue weighted by Gasteiger charge is -2.46. The highest BCUT2D eigenvalue weighted by Crippen LogP contribution is 2.56. The third kappa shape index (κ3) is 1.70. The average molecular weight is 291 g/mol. The number of benzene rings is 1. The van der Waals surface area contributed by atoms with Crippen molar-refractivity contribution in [1.82, 2.24) is 4.31 Å². The monoisotopic (exact) mass is 291 g/mol. The fraction of sp³-hybridized carbons (Fsp3) is 0.625. The molecule has 108 valence electrons. The van der Waals surface area contributed by atoms with Gasteiger partial charge in [0.2, 0.25) is 10.0 Å². The van der Waals surface area contributed by atoms with E-state index in [9.17, 15) is 8.42 Å². The van der Waals surface area contributed by atoms with Crippen molar-refractivity contribution in [3.63, 3.8) is 0 Å². The average Bonchev–Trinajstić information content (AvgIpc) is 2.75. The molecule has 4 atom stereocenters. The number of hydrogen-bond acceptors (Lipinski definition) is 2. The third-order valence-electron chi connectivity index (χ3n) is 5.63. The van der Waals surface area contributed by atoms with Crippen molar-refractivity contribution in [3.8, 4) is 0 Å². The zero-order chi connectivity index (χ0) is 13.9. The molecule has 2 saturated carbocycles. The van der Waals surface area contributed by atoms with Crippen molar-refractivity contribution in [1.29, 1.82) is 0 Å². The highest BCUT2D eigenvalue weighted by atomic mass is 32.2. The van der Waals surface area contributed by atoms with Crippen molar-refractivity contribution in [2.75, 3.05) is 6.54 Å². The lowest BCUT2D eigenvalue weighted by atomic mass is 9.59. The normalized spacial score (nSPS) is 36.5. The summed E-state index contributed by atoms with van der Waals surface area (Å²) in [7, 11) is -3.30. The Morgan fingerprint density at radius 2 is 1.85 bits per heavy atom. The number of rotatable bonds is 2. The fourth-order valence-electron chi connectivity index (χ4n) is 4.63. The summed E-state index contributed by atoms with van der Waals surface area (Å²) in [5, 5.41) is 0. The van der Waals surface area contributed by atoms with Crippen LogP contribution in [0.25, 0.3) is 0 Å². The summed E-state index contributed by atoms with van der Waals surface area (Å²) in [4.78, 5) is 0.464. The topological polar surface area (TPSA) is 37.4 Å². The molecule has 4 rings (SSSR count). The smallest absolute Gasteiger partial charge is 0.207 e. The van der Waals surface area contributed by atoms with E-state index in [0.29, 0.717) is 16.7 Å². The van der Waals surface area contributed by atoms with E-state index in [2.05, 4.69) is 0 Å². The predicted octanol–water partition coefficient (Wildman–Crippen LogP) is 2.80. The van der Waals surface area contributed by atoms with Gasteiger partial charge in [0, 0.05) is 12.6 Å². The molecule has 0 spiro atoms. The lowest BCUT2D eigenvalue weighted by molar-refractivity contribution is 0.0525. The van der Waals surface area contributed by atoms with E-state index in [4.69, 9.17) is 0 Å². The molecular formula is C16H21NO2S. The molecule has 3 fully saturated rings. The van der Waals surface area contributed by atoms with Gasteiger partial charge in [-0.05, 0) is 49.7 Å². The Morgan fingerprint density at radius 1 is 1.10 bits per heavy atom. The lowest BCUT2D eigenvalue weighted by Crippen LogP contribution is -2.45. The van der Waals surface area contributed by atoms with Crippen LogP contribution in [-0.4, -0.2) is 25.3 Å². The molecule has 0 N–H and O–H groups in total. The molecule has 1 heterocycles. The molecule has 2 aliphatic carbocycles. The van der Waals surface area contributed by atoms with Crippen LogP contribution in [0.3, 0.4) is 0 Å². The van der Waals surface area contributed by atoms with Gasteiger partial charge in [0.15, 0.2) is 0 Å². The van der Waals surface area contributed by atoms with E-state index in [-0.39, 0.29) is 6.04 Å². The van der Waals surface area contributed by atoms with Crippen molar-refractivity contribution < 1.29 is 8.42 Å². The van der Waals surface area contributed by atoms with Crippen LogP contribution >= 0.6 is 0 Å². The Balaban J connectivity index is 1.68. The van der Waals surface area contributed by atoms with Crippen LogP contribution in [0.15, 0.2) is 29.2 Å². The molecular weight excluding hydrogens is 270 g/mol. The summed E-state index contributed by atoms with van der Waals surface area (Å²) in [6.45, 7) is 2.74. The Kier molecular flexibility index (Phi) is 2.77. The van der Waals surface area contributed by atoms with Crippen LogP contribution in [-0.2, 0) is 10.0 Å². The third-order valence-corrected chi connectivity index (χ3v) is 7.53. The highest BCUT2D eigenvalue weighted by Gasteiger charge is 2.57. The molecule has 1 saturated heterocycles. The summed E-state index contributed by atoms with van der Waals surface area (Å²) in [6.07, 6.45) is 4.82. The molecule has 1 aliphatic heterocycles. The zero-order valence-electron chi connectivity index (χ0n) is 11.8. The van der Waals surface area contributed by atoms with E-state index in [1.807, 2.05) is 23.4 Å². The van der Waals surface area contributed by atoms with Gasteiger partial charge in [-0.3, -0.25) is 0 Å². The molecule has 0 aromatic heterocycles. The summed E-state index contributed by atoms with van der Waals surface area (Å²) < 4.78 is 27.6. The molecule has 1 aromatic carbocycles. The van der Waals surface area contributed by atoms with Gasteiger partial charge >= 0.3 is 0 Å². The summed E-state index contributed by atoms with van der Waals surface area (Å²) in [5.74, 6) is 2.09. The number of hydrogen-bond donors (Lipinski definition) is 0. The fourth-order valence-corrected chi connectivity index (χ4v) is 6.37. The summed E-state index contributed by atoms with van der Waals surface area (Å²) in [5.41, 5.74) is 1.10. The van der Waals surface area contributed by atoms with E-state index in [1.54, 1.807) is 12.1 Å². The number of sulfonamides is 1. The van der Waals surface area contributed by atoms with Crippen LogP contribution < -0.4 is 0 Å². The second-order valence-corrected chi connectivity index (χ2v) is 8.61. The highest BCUT2D eigenvalue weighted by molar-refractivity contribution is 7.89. The SMILES string of the molecule is Cc1ccc(S(=O)(=O)N2C[C@@H]3C[C@@H]4CCC[C@H]2[C@@H]43)cc1. The Morgan fingerprint density at radius 3 is 2.60 bits per heavy atom. The van der Waals surface area contributed by atoms with Gasteiger partial charge in [-0.25, -0.2) is 8.42 Å². The number of nitrogens with zero attached hydrogens (tertiary/aromatic N) is 1. The molecule has 3 aliphatic rings. The van der Waals surface area contributed by atoms with Crippen LogP contribution in [0.4, 0.5) is 0 Å². The van der Waals surface area contributed by atoms with Gasteiger partial charge in [-0.2, -0.15) is 4.31 Å². The van der Waals surface area contributed by atoms with Crippen molar-refractivity contribution in [2.45, 2.75) is 43.5 Å². The molecule has 0 bridgehead atoms. The zero-order valence-corrected chi connectivity index (χ0v) is 12.6. The summed E-state index contributed by atoms with van der Waals surface area (Å²) >= 11 is 0. The first-order valence-electron chi connectivity index (χ1n) is 7.66. The largest absolute Gasteiger partial charge is 0.243 e. The summed E-state index contributed by atoms with van der Waals surface area (Å²) in [6, 6.07) is 7.57. The van der Waals surface area contributed by atoms with Crippen LogP contribution in [0.2, 0.25) is 0 Å². The predicted molar refractivity (Wildman–Crippen MR) is 77.8 cm³/mol. The Bertz CT molecular complexity index is 622. The van der Waals surface area contributed by atoms with Gasteiger partial charge in [0.05, 0.1) is 4.90 Å². The first kappa shape index (κ1) is 12.8. The van der Waals surface area contributed by atoms with E-state index in [1.165, 1.54) is 19.3 Å². The second-order valence-electron chi connectivity index (χ2n) is 6.72. The molecule has 4 heteroatoms. The van der Waals surface area contributed by atoms with E-state index >= 15 is 0 Å². The van der Waals surface area contributed by atoms with Gasteiger partial charge in [0.1, 0.15) is 0 Å². The van der Waals surface area contributed by atoms with Crippen molar-refractivity contribution >= 4 is 10.0 Å². The maximum Gasteiger partial charge on any atom is 0.243 e. The molecule has 3 nitrogen and oxygen atoms in total. The van der Waals surface area contributed by atoms with Gasteiger partial charge in [0.25, 0.3) is 0 Å². The molecule has 1 aromatic rings. The first-order chi connectivity index (χ1) is 9.57. The van der Waals surface area contributed by atoms with Crippen molar-refractivity contribution in [3.05, 3.63) is 29.8 Å². The van der Waals surface area contributed by atoms with E-state index in [0.717, 1.165) is 24.4 Å². The molecule has 20 heavy (non-hydrogen) atoms.